The molecular formula is C15H21F3N2O2. The Bertz CT molecular complexity index is 524. The molecule has 0 saturated heterocycles. The Hall–Kier alpha value is -1.76. The Morgan fingerprint density at radius 2 is 1.95 bits per heavy atom. The van der Waals surface area contributed by atoms with Crippen molar-refractivity contribution >= 4 is 6.03 Å². The second-order valence-electron chi connectivity index (χ2n) is 5.96. The van der Waals surface area contributed by atoms with E-state index in [9.17, 15) is 23.1 Å². The average Bonchev–Trinajstić information content (AvgIpc) is 2.35. The predicted octanol–water partition coefficient (Wildman–Crippen LogP) is 3.18. The normalized spacial score (nSPS) is 13.6. The first-order chi connectivity index (χ1) is 9.90. The van der Waals surface area contributed by atoms with Gasteiger partial charge in [-0.15, -0.1) is 0 Å². The maximum atomic E-state index is 12.7. The van der Waals surface area contributed by atoms with E-state index in [2.05, 4.69) is 5.32 Å². The van der Waals surface area contributed by atoms with Crippen molar-refractivity contribution in [2.45, 2.75) is 38.6 Å². The molecule has 0 aliphatic rings. The van der Waals surface area contributed by atoms with Gasteiger partial charge in [0.15, 0.2) is 0 Å². The molecule has 2 amide bonds. The van der Waals surface area contributed by atoms with Crippen molar-refractivity contribution in [1.82, 2.24) is 10.2 Å². The number of rotatable bonds is 4. The summed E-state index contributed by atoms with van der Waals surface area (Å²) in [7, 11) is 1.51. The van der Waals surface area contributed by atoms with Crippen LogP contribution in [-0.2, 0) is 6.18 Å². The number of carbonyl (C=O) groups is 1. The highest BCUT2D eigenvalue weighted by atomic mass is 19.4. The zero-order valence-corrected chi connectivity index (χ0v) is 13.0. The van der Waals surface area contributed by atoms with Crippen molar-refractivity contribution in [1.29, 1.82) is 0 Å². The lowest BCUT2D eigenvalue weighted by molar-refractivity contribution is -0.137. The lowest BCUT2D eigenvalue weighted by Gasteiger charge is -2.27. The van der Waals surface area contributed by atoms with Crippen molar-refractivity contribution in [3.63, 3.8) is 0 Å². The van der Waals surface area contributed by atoms with E-state index in [1.165, 1.54) is 24.1 Å². The number of aliphatic hydroxyl groups is 1. The highest BCUT2D eigenvalue weighted by Crippen LogP contribution is 2.30. The number of amides is 2. The minimum absolute atomic E-state index is 0.105. The van der Waals surface area contributed by atoms with Crippen LogP contribution in [0.2, 0.25) is 0 Å². The molecule has 0 radical (unpaired) electrons. The van der Waals surface area contributed by atoms with Crippen LogP contribution in [0.15, 0.2) is 24.3 Å². The van der Waals surface area contributed by atoms with E-state index in [1.807, 2.05) is 0 Å². The van der Waals surface area contributed by atoms with Crippen LogP contribution in [0.25, 0.3) is 0 Å². The molecule has 22 heavy (non-hydrogen) atoms. The first-order valence-electron chi connectivity index (χ1n) is 6.81. The molecule has 0 aliphatic heterocycles. The van der Waals surface area contributed by atoms with Crippen molar-refractivity contribution in [3.05, 3.63) is 35.4 Å². The third kappa shape index (κ3) is 5.55. The maximum absolute atomic E-state index is 12.7. The number of hydrogen-bond acceptors (Lipinski definition) is 2. The van der Waals surface area contributed by atoms with Gasteiger partial charge in [0.1, 0.15) is 0 Å². The summed E-state index contributed by atoms with van der Waals surface area (Å²) in [5.74, 6) is 0. The third-order valence-corrected chi connectivity index (χ3v) is 3.02. The molecule has 1 unspecified atom stereocenters. The zero-order valence-electron chi connectivity index (χ0n) is 13.0. The van der Waals surface area contributed by atoms with Crippen LogP contribution in [0.1, 0.15) is 37.9 Å². The van der Waals surface area contributed by atoms with Crippen molar-refractivity contribution < 1.29 is 23.1 Å². The molecule has 1 rings (SSSR count). The van der Waals surface area contributed by atoms with E-state index < -0.39 is 29.4 Å². The van der Waals surface area contributed by atoms with E-state index in [1.54, 1.807) is 20.8 Å². The van der Waals surface area contributed by atoms with Crippen LogP contribution < -0.4 is 5.32 Å². The second kappa shape index (κ2) is 6.56. The van der Waals surface area contributed by atoms with Crippen LogP contribution in [0.5, 0.6) is 0 Å². The fourth-order valence-corrected chi connectivity index (χ4v) is 2.02. The Morgan fingerprint density at radius 3 is 2.45 bits per heavy atom. The van der Waals surface area contributed by atoms with Gasteiger partial charge in [0, 0.05) is 7.05 Å². The SMILES string of the molecule is CC(NC(=O)N(C)CC(C)(C)O)c1cccc(C(F)(F)F)c1. The quantitative estimate of drug-likeness (QED) is 0.896. The second-order valence-corrected chi connectivity index (χ2v) is 5.96. The molecule has 124 valence electrons. The monoisotopic (exact) mass is 318 g/mol. The first-order valence-corrected chi connectivity index (χ1v) is 6.81. The minimum Gasteiger partial charge on any atom is -0.389 e. The van der Waals surface area contributed by atoms with Gasteiger partial charge in [0.2, 0.25) is 0 Å². The number of urea groups is 1. The number of carbonyl (C=O) groups excluding carboxylic acids is 1. The molecule has 0 aromatic heterocycles. The fourth-order valence-electron chi connectivity index (χ4n) is 2.02. The Morgan fingerprint density at radius 1 is 1.36 bits per heavy atom. The van der Waals surface area contributed by atoms with Crippen LogP contribution >= 0.6 is 0 Å². The standard InChI is InChI=1S/C15H21F3N2O2/c1-10(19-13(21)20(4)9-14(2,3)22)11-6-5-7-12(8-11)15(16,17)18/h5-8,10,22H,9H2,1-4H3,(H,19,21). The molecular weight excluding hydrogens is 297 g/mol. The highest BCUT2D eigenvalue weighted by Gasteiger charge is 2.31. The van der Waals surface area contributed by atoms with E-state index in [0.29, 0.717) is 5.56 Å². The smallest absolute Gasteiger partial charge is 0.389 e. The number of alkyl halides is 3. The number of halogens is 3. The summed E-state index contributed by atoms with van der Waals surface area (Å²) in [5, 5.41) is 12.3. The molecule has 1 aromatic rings. The van der Waals surface area contributed by atoms with Crippen LogP contribution in [0.4, 0.5) is 18.0 Å². The first kappa shape index (κ1) is 18.3. The number of hydrogen-bond donors (Lipinski definition) is 2. The third-order valence-electron chi connectivity index (χ3n) is 3.02. The zero-order chi connectivity index (χ0) is 17.1. The van der Waals surface area contributed by atoms with Crippen molar-refractivity contribution in [2.24, 2.45) is 0 Å². The molecule has 0 fully saturated rings. The van der Waals surface area contributed by atoms with E-state index in [4.69, 9.17) is 0 Å². The molecule has 0 aliphatic carbocycles. The summed E-state index contributed by atoms with van der Waals surface area (Å²) in [6.45, 7) is 4.83. The summed E-state index contributed by atoms with van der Waals surface area (Å²) < 4.78 is 38.1. The van der Waals surface area contributed by atoms with Gasteiger partial charge in [-0.2, -0.15) is 13.2 Å². The molecule has 0 saturated carbocycles. The molecule has 0 heterocycles. The Balaban J connectivity index is 2.77. The molecule has 4 nitrogen and oxygen atoms in total. The largest absolute Gasteiger partial charge is 0.416 e. The fraction of sp³-hybridized carbons (Fsp3) is 0.533. The lowest BCUT2D eigenvalue weighted by Crippen LogP contribution is -2.45. The maximum Gasteiger partial charge on any atom is 0.416 e. The van der Waals surface area contributed by atoms with E-state index in [-0.39, 0.29) is 6.54 Å². The van der Waals surface area contributed by atoms with Gasteiger partial charge in [-0.1, -0.05) is 12.1 Å². The van der Waals surface area contributed by atoms with E-state index in [0.717, 1.165) is 12.1 Å². The summed E-state index contributed by atoms with van der Waals surface area (Å²) >= 11 is 0. The summed E-state index contributed by atoms with van der Waals surface area (Å²) in [5.41, 5.74) is -1.44. The number of benzene rings is 1. The Labute approximate surface area is 127 Å². The van der Waals surface area contributed by atoms with Gasteiger partial charge < -0.3 is 15.3 Å². The molecule has 0 spiro atoms. The van der Waals surface area contributed by atoms with Gasteiger partial charge in [0.25, 0.3) is 0 Å². The number of likely N-dealkylation sites (N-methyl/N-ethyl adjacent to an activating group) is 1. The van der Waals surface area contributed by atoms with Crippen molar-refractivity contribution in [2.75, 3.05) is 13.6 Å². The topological polar surface area (TPSA) is 52.6 Å². The molecule has 7 heteroatoms. The molecule has 0 bridgehead atoms. The minimum atomic E-state index is -4.42. The van der Waals surface area contributed by atoms with Gasteiger partial charge in [-0.3, -0.25) is 0 Å². The van der Waals surface area contributed by atoms with Gasteiger partial charge in [-0.05, 0) is 38.5 Å². The summed E-state index contributed by atoms with van der Waals surface area (Å²) in [6, 6.07) is 3.78. The predicted molar refractivity (Wildman–Crippen MR) is 77.3 cm³/mol. The van der Waals surface area contributed by atoms with Crippen LogP contribution in [0, 0.1) is 0 Å². The van der Waals surface area contributed by atoms with Gasteiger partial charge >= 0.3 is 12.2 Å². The highest BCUT2D eigenvalue weighted by molar-refractivity contribution is 5.74. The Kier molecular flexibility index (Phi) is 5.45. The van der Waals surface area contributed by atoms with E-state index >= 15 is 0 Å². The van der Waals surface area contributed by atoms with Crippen LogP contribution in [0.3, 0.4) is 0 Å². The van der Waals surface area contributed by atoms with Gasteiger partial charge in [0.05, 0.1) is 23.8 Å². The summed E-state index contributed by atoms with van der Waals surface area (Å²) in [4.78, 5) is 13.2. The number of nitrogens with one attached hydrogen (secondary N) is 1. The number of nitrogens with zero attached hydrogens (tertiary/aromatic N) is 1. The molecule has 1 atom stereocenters. The van der Waals surface area contributed by atoms with Crippen LogP contribution in [-0.4, -0.2) is 35.2 Å². The molecule has 2 N–H and O–H groups in total. The van der Waals surface area contributed by atoms with Gasteiger partial charge in [-0.25, -0.2) is 4.79 Å². The summed E-state index contributed by atoms with van der Waals surface area (Å²) in [6.07, 6.45) is -4.42. The average molecular weight is 318 g/mol. The van der Waals surface area contributed by atoms with Crippen molar-refractivity contribution in [3.8, 4) is 0 Å². The molecule has 1 aromatic carbocycles. The lowest BCUT2D eigenvalue weighted by atomic mass is 10.0.